The van der Waals surface area contributed by atoms with E-state index in [4.69, 9.17) is 4.74 Å². The zero-order chi connectivity index (χ0) is 19.5. The third kappa shape index (κ3) is 7.11. The Morgan fingerprint density at radius 1 is 1.30 bits per heavy atom. The van der Waals surface area contributed by atoms with Crippen LogP contribution in [-0.2, 0) is 4.74 Å². The molecule has 0 aromatic rings. The molecule has 2 N–H and O–H groups in total. The van der Waals surface area contributed by atoms with Gasteiger partial charge in [0, 0.05) is 44.0 Å². The summed E-state index contributed by atoms with van der Waals surface area (Å²) in [5, 5.41) is 7.23. The van der Waals surface area contributed by atoms with Crippen LogP contribution in [0.25, 0.3) is 0 Å². The molecule has 2 heterocycles. The first-order valence-electron chi connectivity index (χ1n) is 10.7. The maximum Gasteiger partial charge on any atom is 0.191 e. The van der Waals surface area contributed by atoms with Crippen molar-refractivity contribution in [2.24, 2.45) is 4.99 Å². The minimum atomic E-state index is 0.248. The molecule has 0 radical (unpaired) electrons. The molecule has 2 unspecified atom stereocenters. The Kier molecular flexibility index (Phi) is 10.2. The summed E-state index contributed by atoms with van der Waals surface area (Å²) in [5.41, 5.74) is 0.248. The monoisotopic (exact) mass is 399 g/mol. The lowest BCUT2D eigenvalue weighted by atomic mass is 9.95. The second-order valence-electron chi connectivity index (χ2n) is 7.77. The number of aliphatic imine (C=N–C) groups is 1. The zero-order valence-corrected chi connectivity index (χ0v) is 18.7. The Balaban J connectivity index is 1.78. The van der Waals surface area contributed by atoms with Gasteiger partial charge in [0.15, 0.2) is 5.96 Å². The maximum atomic E-state index is 5.57. The predicted octanol–water partition coefficient (Wildman–Crippen LogP) is 1.87. The number of nitrogens with zero attached hydrogens (tertiary/aromatic N) is 3. The van der Waals surface area contributed by atoms with Crippen LogP contribution < -0.4 is 10.6 Å². The van der Waals surface area contributed by atoms with Crippen molar-refractivity contribution in [1.82, 2.24) is 20.4 Å². The van der Waals surface area contributed by atoms with Gasteiger partial charge in [0.25, 0.3) is 0 Å². The standard InChI is InChI=1S/C20H41N5OS/c1-5-24(6-2)10-7-8-18(3)23-19(21-4)22-16-20(9-15-27-17-20)25-11-13-26-14-12-25/h18H,5-17H2,1-4H3,(H2,21,22,23). The van der Waals surface area contributed by atoms with Gasteiger partial charge in [-0.3, -0.25) is 9.89 Å². The number of guanidine groups is 1. The van der Waals surface area contributed by atoms with Crippen LogP contribution in [0, 0.1) is 0 Å². The molecule has 2 rings (SSSR count). The SMILES string of the molecule is CCN(CC)CCCC(C)NC(=NC)NCC1(N2CCOCC2)CCSC1. The summed E-state index contributed by atoms with van der Waals surface area (Å²) < 4.78 is 5.57. The molecule has 0 aliphatic carbocycles. The van der Waals surface area contributed by atoms with Crippen molar-refractivity contribution in [3.8, 4) is 0 Å². The first-order valence-corrected chi connectivity index (χ1v) is 11.9. The molecule has 0 amide bonds. The topological polar surface area (TPSA) is 52.1 Å². The molecule has 0 spiro atoms. The summed E-state index contributed by atoms with van der Waals surface area (Å²) in [4.78, 5) is 9.61. The molecule has 2 saturated heterocycles. The fourth-order valence-corrected chi connectivity index (χ4v) is 5.52. The van der Waals surface area contributed by atoms with Crippen LogP contribution in [0.3, 0.4) is 0 Å². The Labute approximate surface area is 170 Å². The van der Waals surface area contributed by atoms with E-state index < -0.39 is 0 Å². The van der Waals surface area contributed by atoms with E-state index in [1.165, 1.54) is 37.3 Å². The molecule has 2 aliphatic heterocycles. The normalized spacial score (nSPS) is 25.7. The van der Waals surface area contributed by atoms with Crippen molar-refractivity contribution in [2.75, 3.05) is 71.0 Å². The van der Waals surface area contributed by atoms with Crippen molar-refractivity contribution in [1.29, 1.82) is 0 Å². The van der Waals surface area contributed by atoms with Gasteiger partial charge in [0.1, 0.15) is 0 Å². The molecule has 0 bridgehead atoms. The predicted molar refractivity (Wildman–Crippen MR) is 118 cm³/mol. The highest BCUT2D eigenvalue weighted by atomic mass is 32.2. The van der Waals surface area contributed by atoms with E-state index in [0.29, 0.717) is 6.04 Å². The first kappa shape index (κ1) is 22.8. The number of ether oxygens (including phenoxy) is 1. The summed E-state index contributed by atoms with van der Waals surface area (Å²) in [6.07, 6.45) is 3.64. The highest BCUT2D eigenvalue weighted by molar-refractivity contribution is 7.99. The zero-order valence-electron chi connectivity index (χ0n) is 17.9. The van der Waals surface area contributed by atoms with E-state index in [0.717, 1.165) is 51.9 Å². The van der Waals surface area contributed by atoms with Crippen LogP contribution in [-0.4, -0.2) is 98.4 Å². The molecule has 6 nitrogen and oxygen atoms in total. The van der Waals surface area contributed by atoms with Gasteiger partial charge < -0.3 is 20.3 Å². The number of thioether (sulfide) groups is 1. The van der Waals surface area contributed by atoms with Crippen LogP contribution in [0.1, 0.15) is 40.0 Å². The van der Waals surface area contributed by atoms with Crippen LogP contribution in [0.15, 0.2) is 4.99 Å². The molecule has 2 atom stereocenters. The molecule has 2 fully saturated rings. The summed E-state index contributed by atoms with van der Waals surface area (Å²) in [5.74, 6) is 3.40. The van der Waals surface area contributed by atoms with Crippen LogP contribution in [0.4, 0.5) is 0 Å². The fraction of sp³-hybridized carbons (Fsp3) is 0.950. The highest BCUT2D eigenvalue weighted by Gasteiger charge is 2.40. The van der Waals surface area contributed by atoms with Crippen molar-refractivity contribution in [3.63, 3.8) is 0 Å². The van der Waals surface area contributed by atoms with Gasteiger partial charge in [-0.25, -0.2) is 0 Å². The average Bonchev–Trinajstić information content (AvgIpc) is 3.19. The summed E-state index contributed by atoms with van der Waals surface area (Å²) in [7, 11) is 1.88. The molecule has 0 aromatic carbocycles. The largest absolute Gasteiger partial charge is 0.379 e. The van der Waals surface area contributed by atoms with E-state index in [9.17, 15) is 0 Å². The number of morpholine rings is 1. The van der Waals surface area contributed by atoms with Gasteiger partial charge in [0.2, 0.25) is 0 Å². The van der Waals surface area contributed by atoms with E-state index in [1.807, 2.05) is 7.05 Å². The van der Waals surface area contributed by atoms with Crippen molar-refractivity contribution < 1.29 is 4.74 Å². The molecule has 2 aliphatic rings. The third-order valence-electron chi connectivity index (χ3n) is 5.96. The summed E-state index contributed by atoms with van der Waals surface area (Å²) in [6.45, 7) is 15.0. The van der Waals surface area contributed by atoms with Crippen molar-refractivity contribution >= 4 is 17.7 Å². The van der Waals surface area contributed by atoms with E-state index in [2.05, 4.69) is 58.0 Å². The smallest absolute Gasteiger partial charge is 0.191 e. The van der Waals surface area contributed by atoms with Crippen LogP contribution in [0.5, 0.6) is 0 Å². The van der Waals surface area contributed by atoms with Crippen LogP contribution in [0.2, 0.25) is 0 Å². The third-order valence-corrected chi connectivity index (χ3v) is 7.20. The molecular formula is C20H41N5OS. The second-order valence-corrected chi connectivity index (χ2v) is 8.87. The Hall–Kier alpha value is -0.500. The lowest BCUT2D eigenvalue weighted by Crippen LogP contribution is -2.60. The Morgan fingerprint density at radius 3 is 2.63 bits per heavy atom. The average molecular weight is 400 g/mol. The first-order chi connectivity index (χ1) is 13.1. The summed E-state index contributed by atoms with van der Waals surface area (Å²) >= 11 is 2.08. The summed E-state index contributed by atoms with van der Waals surface area (Å²) in [6, 6.07) is 0.434. The van der Waals surface area contributed by atoms with Gasteiger partial charge in [-0.15, -0.1) is 0 Å². The van der Waals surface area contributed by atoms with Gasteiger partial charge in [-0.1, -0.05) is 13.8 Å². The van der Waals surface area contributed by atoms with Crippen molar-refractivity contribution in [2.45, 2.75) is 51.6 Å². The molecule has 7 heteroatoms. The molecule has 27 heavy (non-hydrogen) atoms. The molecule has 0 saturated carbocycles. The van der Waals surface area contributed by atoms with Gasteiger partial charge in [-0.05, 0) is 51.6 Å². The Morgan fingerprint density at radius 2 is 2.04 bits per heavy atom. The lowest BCUT2D eigenvalue weighted by molar-refractivity contribution is -0.0120. The van der Waals surface area contributed by atoms with E-state index in [1.54, 1.807) is 0 Å². The van der Waals surface area contributed by atoms with Gasteiger partial charge in [0.05, 0.1) is 13.2 Å². The molecule has 0 aromatic heterocycles. The van der Waals surface area contributed by atoms with Gasteiger partial charge >= 0.3 is 0 Å². The second kappa shape index (κ2) is 12.1. The van der Waals surface area contributed by atoms with Crippen molar-refractivity contribution in [3.05, 3.63) is 0 Å². The fourth-order valence-electron chi connectivity index (χ4n) is 4.04. The minimum Gasteiger partial charge on any atom is -0.379 e. The number of hydrogen-bond acceptors (Lipinski definition) is 5. The van der Waals surface area contributed by atoms with Gasteiger partial charge in [-0.2, -0.15) is 11.8 Å². The van der Waals surface area contributed by atoms with E-state index in [-0.39, 0.29) is 5.54 Å². The number of rotatable bonds is 10. The number of hydrogen-bond donors (Lipinski definition) is 2. The quantitative estimate of drug-likeness (QED) is 0.432. The highest BCUT2D eigenvalue weighted by Crippen LogP contribution is 2.33. The maximum absolute atomic E-state index is 5.57. The number of nitrogens with one attached hydrogen (secondary N) is 2. The Bertz CT molecular complexity index is 432. The molecule has 158 valence electrons. The van der Waals surface area contributed by atoms with Crippen LogP contribution >= 0.6 is 11.8 Å². The van der Waals surface area contributed by atoms with E-state index >= 15 is 0 Å². The lowest BCUT2D eigenvalue weighted by Gasteiger charge is -2.43. The minimum absolute atomic E-state index is 0.248. The molecular weight excluding hydrogens is 358 g/mol.